The molecule has 0 atom stereocenters. The van der Waals surface area contributed by atoms with E-state index in [0.717, 1.165) is 21.7 Å². The van der Waals surface area contributed by atoms with Crippen LogP contribution in [0.15, 0.2) is 42.5 Å². The van der Waals surface area contributed by atoms with E-state index in [1.807, 2.05) is 32.0 Å². The van der Waals surface area contributed by atoms with Crippen LogP contribution in [0.3, 0.4) is 0 Å². The summed E-state index contributed by atoms with van der Waals surface area (Å²) in [6.07, 6.45) is 1.07. The number of aryl methyl sites for hydroxylation is 2. The fraction of sp³-hybridized carbons (Fsp3) is 0.278. The van der Waals surface area contributed by atoms with E-state index in [1.54, 1.807) is 24.3 Å². The van der Waals surface area contributed by atoms with E-state index in [2.05, 4.69) is 5.32 Å². The fourth-order valence-electron chi connectivity index (χ4n) is 2.36. The lowest BCUT2D eigenvalue weighted by Crippen LogP contribution is -2.37. The van der Waals surface area contributed by atoms with Gasteiger partial charge in [0.1, 0.15) is 12.3 Å². The molecule has 0 bridgehead atoms. The number of carbonyl (C=O) groups excluding carboxylic acids is 1. The molecule has 2 rings (SSSR count). The van der Waals surface area contributed by atoms with Crippen molar-refractivity contribution in [3.63, 3.8) is 0 Å². The zero-order valence-corrected chi connectivity index (χ0v) is 15.6. The summed E-state index contributed by atoms with van der Waals surface area (Å²) in [4.78, 5) is 12.4. The summed E-state index contributed by atoms with van der Waals surface area (Å²) >= 11 is 0. The van der Waals surface area contributed by atoms with Gasteiger partial charge in [-0.05, 0) is 43.2 Å². The third kappa shape index (κ3) is 4.96. The van der Waals surface area contributed by atoms with Gasteiger partial charge in [-0.1, -0.05) is 18.2 Å². The average Bonchev–Trinajstić information content (AvgIpc) is 2.55. The van der Waals surface area contributed by atoms with Crippen LogP contribution < -0.4 is 14.4 Å². The standard InChI is InChI=1S/C18H22N2O4S/c1-13-8-9-14(2)17(10-13)19-18(21)12-20(25(4,22)23)15-6-5-7-16(11-15)24-3/h5-11H,12H2,1-4H3,(H,19,21). The summed E-state index contributed by atoms with van der Waals surface area (Å²) < 4.78 is 30.5. The molecule has 0 spiro atoms. The Kier molecular flexibility index (Phi) is 5.69. The third-order valence-electron chi connectivity index (χ3n) is 3.70. The molecule has 0 aliphatic carbocycles. The number of anilines is 2. The summed E-state index contributed by atoms with van der Waals surface area (Å²) in [7, 11) is -2.13. The third-order valence-corrected chi connectivity index (χ3v) is 4.84. The van der Waals surface area contributed by atoms with Crippen molar-refractivity contribution in [1.82, 2.24) is 0 Å². The van der Waals surface area contributed by atoms with Gasteiger partial charge in [0.25, 0.3) is 0 Å². The van der Waals surface area contributed by atoms with Gasteiger partial charge >= 0.3 is 0 Å². The van der Waals surface area contributed by atoms with E-state index in [1.165, 1.54) is 7.11 Å². The molecule has 2 aromatic carbocycles. The van der Waals surface area contributed by atoms with Crippen LogP contribution in [0.25, 0.3) is 0 Å². The van der Waals surface area contributed by atoms with Gasteiger partial charge in [-0.25, -0.2) is 8.42 Å². The molecule has 0 aromatic heterocycles. The molecule has 1 N–H and O–H groups in total. The molecule has 0 saturated heterocycles. The minimum absolute atomic E-state index is 0.320. The first-order valence-corrected chi connectivity index (χ1v) is 9.54. The number of sulfonamides is 1. The van der Waals surface area contributed by atoms with E-state index in [9.17, 15) is 13.2 Å². The predicted molar refractivity (Wildman–Crippen MR) is 99.7 cm³/mol. The smallest absolute Gasteiger partial charge is 0.245 e. The average molecular weight is 362 g/mol. The van der Waals surface area contributed by atoms with Crippen molar-refractivity contribution in [1.29, 1.82) is 0 Å². The van der Waals surface area contributed by atoms with Crippen LogP contribution >= 0.6 is 0 Å². The molecular formula is C18H22N2O4S. The van der Waals surface area contributed by atoms with Crippen LogP contribution in [-0.4, -0.2) is 34.2 Å². The van der Waals surface area contributed by atoms with E-state index < -0.39 is 15.9 Å². The highest BCUT2D eigenvalue weighted by Gasteiger charge is 2.21. The lowest BCUT2D eigenvalue weighted by atomic mass is 10.1. The Morgan fingerprint density at radius 3 is 2.52 bits per heavy atom. The minimum atomic E-state index is -3.63. The highest BCUT2D eigenvalue weighted by atomic mass is 32.2. The summed E-state index contributed by atoms with van der Waals surface area (Å²) in [6, 6.07) is 12.3. The number of nitrogens with zero attached hydrogens (tertiary/aromatic N) is 1. The molecule has 0 aliphatic heterocycles. The first-order chi connectivity index (χ1) is 11.7. The van der Waals surface area contributed by atoms with E-state index in [0.29, 0.717) is 17.1 Å². The molecule has 2 aromatic rings. The number of benzene rings is 2. The Bertz CT molecular complexity index is 878. The highest BCUT2D eigenvalue weighted by molar-refractivity contribution is 7.92. The molecule has 0 heterocycles. The Balaban J connectivity index is 2.25. The van der Waals surface area contributed by atoms with Gasteiger partial charge in [-0.15, -0.1) is 0 Å². The molecule has 0 aliphatic rings. The van der Waals surface area contributed by atoms with Gasteiger partial charge in [0.2, 0.25) is 15.9 Å². The molecule has 134 valence electrons. The van der Waals surface area contributed by atoms with Gasteiger partial charge in [0.05, 0.1) is 19.1 Å². The van der Waals surface area contributed by atoms with Crippen molar-refractivity contribution in [2.75, 3.05) is 29.5 Å². The number of hydrogen-bond donors (Lipinski definition) is 1. The summed E-state index contributed by atoms with van der Waals surface area (Å²) in [6.45, 7) is 3.49. The van der Waals surface area contributed by atoms with Crippen molar-refractivity contribution in [2.45, 2.75) is 13.8 Å². The van der Waals surface area contributed by atoms with E-state index in [-0.39, 0.29) is 6.54 Å². The number of amides is 1. The van der Waals surface area contributed by atoms with Gasteiger partial charge in [0.15, 0.2) is 0 Å². The number of carbonyl (C=O) groups is 1. The Morgan fingerprint density at radius 1 is 1.16 bits per heavy atom. The second kappa shape index (κ2) is 7.57. The molecule has 0 radical (unpaired) electrons. The summed E-state index contributed by atoms with van der Waals surface area (Å²) in [5.41, 5.74) is 2.96. The maximum atomic E-state index is 12.4. The van der Waals surface area contributed by atoms with Crippen LogP contribution in [0.1, 0.15) is 11.1 Å². The van der Waals surface area contributed by atoms with E-state index in [4.69, 9.17) is 4.74 Å². The fourth-order valence-corrected chi connectivity index (χ4v) is 3.20. The molecule has 1 amide bonds. The van der Waals surface area contributed by atoms with Crippen LogP contribution in [0.2, 0.25) is 0 Å². The molecule has 0 saturated carbocycles. The number of ether oxygens (including phenoxy) is 1. The van der Waals surface area contributed by atoms with Crippen molar-refractivity contribution in [3.8, 4) is 5.75 Å². The summed E-state index contributed by atoms with van der Waals surface area (Å²) in [5.74, 6) is 0.100. The number of nitrogens with one attached hydrogen (secondary N) is 1. The molecule has 0 unspecified atom stereocenters. The first kappa shape index (κ1) is 18.8. The first-order valence-electron chi connectivity index (χ1n) is 7.69. The van der Waals surface area contributed by atoms with Crippen molar-refractivity contribution in [2.24, 2.45) is 0 Å². The SMILES string of the molecule is COc1cccc(N(CC(=O)Nc2cc(C)ccc2C)S(C)(=O)=O)c1. The second-order valence-corrected chi connectivity index (χ2v) is 7.74. The Labute approximate surface area is 148 Å². The Morgan fingerprint density at radius 2 is 1.88 bits per heavy atom. The lowest BCUT2D eigenvalue weighted by Gasteiger charge is -2.22. The zero-order valence-electron chi connectivity index (χ0n) is 14.7. The maximum absolute atomic E-state index is 12.4. The summed E-state index contributed by atoms with van der Waals surface area (Å²) in [5, 5.41) is 2.78. The van der Waals surface area contributed by atoms with Crippen LogP contribution in [0.5, 0.6) is 5.75 Å². The molecular weight excluding hydrogens is 340 g/mol. The van der Waals surface area contributed by atoms with Gasteiger partial charge < -0.3 is 10.1 Å². The predicted octanol–water partition coefficient (Wildman–Crippen LogP) is 2.72. The largest absolute Gasteiger partial charge is 0.497 e. The van der Waals surface area contributed by atoms with Crippen molar-refractivity contribution >= 4 is 27.3 Å². The number of methoxy groups -OCH3 is 1. The van der Waals surface area contributed by atoms with Crippen molar-refractivity contribution < 1.29 is 17.9 Å². The Hall–Kier alpha value is -2.54. The molecule has 6 nitrogen and oxygen atoms in total. The van der Waals surface area contributed by atoms with Gasteiger partial charge in [0, 0.05) is 11.8 Å². The zero-order chi connectivity index (χ0) is 18.6. The maximum Gasteiger partial charge on any atom is 0.245 e. The van der Waals surface area contributed by atoms with Gasteiger partial charge in [-0.2, -0.15) is 0 Å². The van der Waals surface area contributed by atoms with Crippen LogP contribution in [0, 0.1) is 13.8 Å². The minimum Gasteiger partial charge on any atom is -0.497 e. The monoisotopic (exact) mass is 362 g/mol. The number of rotatable bonds is 6. The number of hydrogen-bond acceptors (Lipinski definition) is 4. The van der Waals surface area contributed by atoms with E-state index >= 15 is 0 Å². The topological polar surface area (TPSA) is 75.7 Å². The van der Waals surface area contributed by atoms with Gasteiger partial charge in [-0.3, -0.25) is 9.10 Å². The lowest BCUT2D eigenvalue weighted by molar-refractivity contribution is -0.114. The molecule has 0 fully saturated rings. The van der Waals surface area contributed by atoms with Crippen LogP contribution in [-0.2, 0) is 14.8 Å². The second-order valence-electron chi connectivity index (χ2n) is 5.84. The highest BCUT2D eigenvalue weighted by Crippen LogP contribution is 2.23. The van der Waals surface area contributed by atoms with Crippen molar-refractivity contribution in [3.05, 3.63) is 53.6 Å². The molecule has 25 heavy (non-hydrogen) atoms. The molecule has 7 heteroatoms. The normalized spacial score (nSPS) is 11.0. The van der Waals surface area contributed by atoms with Crippen LogP contribution in [0.4, 0.5) is 11.4 Å². The quantitative estimate of drug-likeness (QED) is 0.857.